The first-order valence-electron chi connectivity index (χ1n) is 14.6. The number of aryl methyl sites for hydroxylation is 1. The molecular weight excluding hydrogens is 668 g/mol. The molecule has 0 heterocycles. The van der Waals surface area contributed by atoms with E-state index in [2.05, 4.69) is 6.58 Å². The monoisotopic (exact) mass is 709 g/mol. The second kappa shape index (κ2) is 21.5. The van der Waals surface area contributed by atoms with Gasteiger partial charge in [-0.3, -0.25) is 5.41 Å². The van der Waals surface area contributed by atoms with Crippen LogP contribution < -0.4 is 10.5 Å². The zero-order valence-corrected chi connectivity index (χ0v) is 27.8. The van der Waals surface area contributed by atoms with Crippen molar-refractivity contribution in [3.05, 3.63) is 118 Å². The number of allylic oxidation sites excluding steroid dienone is 5. The van der Waals surface area contributed by atoms with E-state index in [0.29, 0.717) is 11.1 Å². The number of nitrogens with zero attached hydrogens (tertiary/aromatic N) is 1. The Balaban J connectivity index is 0.00000258. The predicted octanol–water partition coefficient (Wildman–Crippen LogP) is 10.9. The third-order valence-electron chi connectivity index (χ3n) is 6.01. The summed E-state index contributed by atoms with van der Waals surface area (Å²) in [6.07, 6.45) is 0.0995. The van der Waals surface area contributed by atoms with E-state index in [-0.39, 0.29) is 49.1 Å². The van der Waals surface area contributed by atoms with Crippen molar-refractivity contribution in [1.29, 1.82) is 5.41 Å². The lowest BCUT2D eigenvalue weighted by molar-refractivity contribution is -0.110. The highest BCUT2D eigenvalue weighted by atomic mass is 19.4. The van der Waals surface area contributed by atoms with E-state index in [1.165, 1.54) is 41.3 Å². The Labute approximate surface area is 280 Å². The van der Waals surface area contributed by atoms with Gasteiger partial charge in [0.2, 0.25) is 6.93 Å². The molecule has 0 spiro atoms. The van der Waals surface area contributed by atoms with Crippen molar-refractivity contribution in [2.75, 3.05) is 20.1 Å². The Hall–Kier alpha value is -4.49. The Kier molecular flexibility index (Phi) is 19.5. The Bertz CT molecular complexity index is 1460. The maximum absolute atomic E-state index is 15.4. The lowest BCUT2D eigenvalue weighted by Gasteiger charge is -2.26. The van der Waals surface area contributed by atoms with Crippen LogP contribution in [0.4, 0.5) is 43.9 Å². The highest BCUT2D eigenvalue weighted by molar-refractivity contribution is 5.82. The van der Waals surface area contributed by atoms with Gasteiger partial charge in [0.15, 0.2) is 5.96 Å². The van der Waals surface area contributed by atoms with Crippen LogP contribution in [0.5, 0.6) is 5.75 Å². The molecule has 0 aliphatic rings. The van der Waals surface area contributed by atoms with Crippen LogP contribution >= 0.6 is 0 Å². The molecule has 0 radical (unpaired) electrons. The molecule has 0 aliphatic heterocycles. The first-order valence-corrected chi connectivity index (χ1v) is 14.6. The predicted molar refractivity (Wildman–Crippen MR) is 174 cm³/mol. The average molecular weight is 710 g/mol. The molecule has 3 N–H and O–H groups in total. The minimum Gasteiger partial charge on any atom is -0.489 e. The van der Waals surface area contributed by atoms with Gasteiger partial charge >= 0.3 is 12.4 Å². The first-order chi connectivity index (χ1) is 22.7. The molecular formula is C35H41F10N3O. The second-order valence-electron chi connectivity index (χ2n) is 10.3. The number of nitrogens with two attached hydrogens (primary N) is 1. The molecule has 0 amide bonds. The van der Waals surface area contributed by atoms with Crippen LogP contribution in [0.1, 0.15) is 50.8 Å². The van der Waals surface area contributed by atoms with Crippen molar-refractivity contribution in [2.24, 2.45) is 5.73 Å². The average Bonchev–Trinajstić information content (AvgIpc) is 2.95. The smallest absolute Gasteiger partial charge is 0.415 e. The third kappa shape index (κ3) is 18.6. The largest absolute Gasteiger partial charge is 0.489 e. The Morgan fingerprint density at radius 3 is 2.06 bits per heavy atom. The van der Waals surface area contributed by atoms with Gasteiger partial charge in [-0.1, -0.05) is 43.9 Å². The molecule has 0 aromatic heterocycles. The maximum Gasteiger partial charge on any atom is 0.415 e. The fourth-order valence-electron chi connectivity index (χ4n) is 4.19. The van der Waals surface area contributed by atoms with Crippen molar-refractivity contribution in [1.82, 2.24) is 4.90 Å². The number of guanidine groups is 1. The van der Waals surface area contributed by atoms with Crippen molar-refractivity contribution in [3.63, 3.8) is 0 Å². The normalized spacial score (nSPS) is 12.5. The number of alkyl halides is 8. The van der Waals surface area contributed by atoms with Gasteiger partial charge in [0, 0.05) is 37.2 Å². The zero-order valence-electron chi connectivity index (χ0n) is 27.8. The Morgan fingerprint density at radius 2 is 1.61 bits per heavy atom. The van der Waals surface area contributed by atoms with Gasteiger partial charge in [0.1, 0.15) is 24.0 Å². The van der Waals surface area contributed by atoms with Crippen LogP contribution in [0.3, 0.4) is 0 Å². The van der Waals surface area contributed by atoms with Crippen LogP contribution in [0.15, 0.2) is 90.1 Å². The van der Waals surface area contributed by atoms with Gasteiger partial charge in [0.25, 0.3) is 0 Å². The molecule has 49 heavy (non-hydrogen) atoms. The summed E-state index contributed by atoms with van der Waals surface area (Å²) in [4.78, 5) is 1.27. The van der Waals surface area contributed by atoms with Crippen molar-refractivity contribution in [2.45, 2.75) is 59.9 Å². The van der Waals surface area contributed by atoms with E-state index in [9.17, 15) is 39.5 Å². The molecule has 0 unspecified atom stereocenters. The van der Waals surface area contributed by atoms with E-state index < -0.39 is 42.4 Å². The zero-order chi connectivity index (χ0) is 37.9. The van der Waals surface area contributed by atoms with Gasteiger partial charge in [-0.05, 0) is 85.4 Å². The van der Waals surface area contributed by atoms with Gasteiger partial charge in [-0.25, -0.2) is 17.6 Å². The van der Waals surface area contributed by atoms with Gasteiger partial charge in [-0.2, -0.15) is 26.3 Å². The van der Waals surface area contributed by atoms with Crippen LogP contribution in [-0.4, -0.2) is 43.3 Å². The van der Waals surface area contributed by atoms with Crippen molar-refractivity contribution >= 4 is 11.5 Å². The van der Waals surface area contributed by atoms with Crippen LogP contribution in [-0.2, 0) is 6.54 Å². The standard InChI is InChI=1S/C32H36F5N3O.C2H3F3.CH2F2/c1-6-9-23(10-7-2)20-41-27-11-12-29(30(34)17-27)28(8-3)25(15-22(5)32(35,36)37)19-40(31(38)39)18-24-13-21(4)14-26(33)16-24;1-2(3,4)5;2-1-3/h6,8-17H,5,7,18-20H2,1-4H3,(H3,38,39);1H3;1H2/b9-6-,23-10+,25-15-,28-8+;;. The van der Waals surface area contributed by atoms with Gasteiger partial charge in [-0.15, -0.1) is 0 Å². The molecule has 14 heteroatoms. The van der Waals surface area contributed by atoms with E-state index in [4.69, 9.17) is 15.9 Å². The molecule has 272 valence electrons. The van der Waals surface area contributed by atoms with E-state index in [1.54, 1.807) is 19.9 Å². The molecule has 2 rings (SSSR count). The quantitative estimate of drug-likeness (QED) is 0.0998. The number of ether oxygens (including phenoxy) is 1. The van der Waals surface area contributed by atoms with E-state index in [1.807, 2.05) is 32.1 Å². The van der Waals surface area contributed by atoms with Gasteiger partial charge < -0.3 is 15.4 Å². The fraction of sp³-hybridized carbons (Fsp3) is 0.343. The minimum atomic E-state index is -4.74. The number of hydrogen-bond acceptors (Lipinski definition) is 2. The Morgan fingerprint density at radius 1 is 1.02 bits per heavy atom. The first kappa shape index (κ1) is 44.5. The summed E-state index contributed by atoms with van der Waals surface area (Å²) in [5.41, 5.74) is 6.85. The third-order valence-corrected chi connectivity index (χ3v) is 6.01. The number of hydrogen-bond donors (Lipinski definition) is 2. The van der Waals surface area contributed by atoms with Crippen LogP contribution in [0.25, 0.3) is 5.57 Å². The molecule has 0 atom stereocenters. The van der Waals surface area contributed by atoms with Crippen LogP contribution in [0, 0.1) is 24.0 Å². The molecule has 4 nitrogen and oxygen atoms in total. The molecule has 2 aromatic rings. The highest BCUT2D eigenvalue weighted by Gasteiger charge is 2.31. The summed E-state index contributed by atoms with van der Waals surface area (Å²) in [5, 5.41) is 8.04. The highest BCUT2D eigenvalue weighted by Crippen LogP contribution is 2.33. The molecule has 2 aromatic carbocycles. The molecule has 0 fully saturated rings. The summed E-state index contributed by atoms with van der Waals surface area (Å²) < 4.78 is 126. The maximum atomic E-state index is 15.4. The number of rotatable bonds is 12. The van der Waals surface area contributed by atoms with E-state index >= 15 is 4.39 Å². The summed E-state index contributed by atoms with van der Waals surface area (Å²) in [6, 6.07) is 8.41. The summed E-state index contributed by atoms with van der Waals surface area (Å²) >= 11 is 0. The summed E-state index contributed by atoms with van der Waals surface area (Å²) in [6.45, 7) is 8.56. The number of nitrogens with one attached hydrogen (secondary N) is 1. The molecule has 0 aliphatic carbocycles. The summed E-state index contributed by atoms with van der Waals surface area (Å²) in [7, 11) is 0. The van der Waals surface area contributed by atoms with Crippen LogP contribution in [0.2, 0.25) is 0 Å². The second-order valence-corrected chi connectivity index (χ2v) is 10.3. The molecule has 0 saturated carbocycles. The minimum absolute atomic E-state index is 0.0203. The summed E-state index contributed by atoms with van der Waals surface area (Å²) in [5.74, 6) is -1.40. The van der Waals surface area contributed by atoms with Crippen molar-refractivity contribution in [3.8, 4) is 5.75 Å². The number of benzene rings is 2. The molecule has 0 saturated heterocycles. The van der Waals surface area contributed by atoms with Gasteiger partial charge in [0.05, 0.1) is 0 Å². The SMILES string of the molecule is C=C(/C=C(CN(Cc1cc(C)cc(F)c1)C(=N)N)\C(=C/C)c1ccc(OCC(/C=C\C)=C/CC)cc1F)C(F)(F)F.CC(F)(F)F.FCF. The van der Waals surface area contributed by atoms with Crippen molar-refractivity contribution < 1.29 is 48.6 Å². The molecule has 0 bridgehead atoms. The number of halogens is 10. The fourth-order valence-corrected chi connectivity index (χ4v) is 4.19. The lowest BCUT2D eigenvalue weighted by atomic mass is 9.94. The lowest BCUT2D eigenvalue weighted by Crippen LogP contribution is -2.37. The van der Waals surface area contributed by atoms with E-state index in [0.717, 1.165) is 18.1 Å². The topological polar surface area (TPSA) is 62.3 Å².